The number of anilines is 3. The van der Waals surface area contributed by atoms with Gasteiger partial charge in [-0.25, -0.2) is 24.9 Å². The van der Waals surface area contributed by atoms with Crippen LogP contribution < -0.4 is 16.0 Å². The largest absolute Gasteiger partial charge is 0.370 e. The SMILES string of the molecule is CCNc1cccc([C@@H](C)NC(=O)C(C)N2Cc3ccc(-c4nc(Nc5ccnc(C)n5)ncc4Cl)cc3C2=O)n1. The third kappa shape index (κ3) is 6.09. The average molecular weight is 572 g/mol. The van der Waals surface area contributed by atoms with Crippen molar-refractivity contribution in [2.45, 2.75) is 46.3 Å². The number of nitrogens with zero attached hydrogens (tertiary/aromatic N) is 6. The maximum atomic E-state index is 13.5. The maximum absolute atomic E-state index is 13.5. The summed E-state index contributed by atoms with van der Waals surface area (Å²) in [6.07, 6.45) is 3.14. The summed E-state index contributed by atoms with van der Waals surface area (Å²) in [5, 5.41) is 9.56. The van der Waals surface area contributed by atoms with Crippen LogP contribution in [0.25, 0.3) is 11.3 Å². The molecule has 41 heavy (non-hydrogen) atoms. The Balaban J connectivity index is 1.31. The minimum Gasteiger partial charge on any atom is -0.370 e. The fourth-order valence-electron chi connectivity index (χ4n) is 4.58. The molecule has 0 saturated carbocycles. The number of hydrogen-bond donors (Lipinski definition) is 3. The molecule has 2 amide bonds. The van der Waals surface area contributed by atoms with Gasteiger partial charge < -0.3 is 20.9 Å². The van der Waals surface area contributed by atoms with Crippen LogP contribution in [0.1, 0.15) is 54.3 Å². The van der Waals surface area contributed by atoms with E-state index in [-0.39, 0.29) is 17.9 Å². The summed E-state index contributed by atoms with van der Waals surface area (Å²) in [5.74, 6) is 1.72. The van der Waals surface area contributed by atoms with Crippen molar-refractivity contribution in [3.05, 3.63) is 82.5 Å². The van der Waals surface area contributed by atoms with Crippen molar-refractivity contribution >= 4 is 41.0 Å². The molecule has 12 heteroatoms. The second-order valence-corrected chi connectivity index (χ2v) is 10.1. The Hall–Kier alpha value is -4.64. The van der Waals surface area contributed by atoms with Crippen molar-refractivity contribution in [3.63, 3.8) is 0 Å². The zero-order valence-corrected chi connectivity index (χ0v) is 23.9. The molecule has 2 atom stereocenters. The highest BCUT2D eigenvalue weighted by molar-refractivity contribution is 6.33. The second kappa shape index (κ2) is 11.8. The number of halogens is 1. The lowest BCUT2D eigenvalue weighted by Gasteiger charge is -2.25. The second-order valence-electron chi connectivity index (χ2n) is 9.69. The highest BCUT2D eigenvalue weighted by atomic mass is 35.5. The van der Waals surface area contributed by atoms with Gasteiger partial charge in [-0.15, -0.1) is 0 Å². The molecule has 3 N–H and O–H groups in total. The first-order chi connectivity index (χ1) is 19.7. The van der Waals surface area contributed by atoms with Gasteiger partial charge in [0.25, 0.3) is 5.91 Å². The Morgan fingerprint density at radius 1 is 1.07 bits per heavy atom. The lowest BCUT2D eigenvalue weighted by Crippen LogP contribution is -2.46. The van der Waals surface area contributed by atoms with Gasteiger partial charge in [0.15, 0.2) is 0 Å². The summed E-state index contributed by atoms with van der Waals surface area (Å²) in [6, 6.07) is 11.8. The third-order valence-corrected chi connectivity index (χ3v) is 7.03. The smallest absolute Gasteiger partial charge is 0.255 e. The van der Waals surface area contributed by atoms with Crippen LogP contribution in [0.3, 0.4) is 0 Å². The molecule has 4 heterocycles. The highest BCUT2D eigenvalue weighted by Crippen LogP contribution is 2.32. The summed E-state index contributed by atoms with van der Waals surface area (Å²) < 4.78 is 0. The number of fused-ring (bicyclic) bond motifs is 1. The molecule has 1 aliphatic heterocycles. The summed E-state index contributed by atoms with van der Waals surface area (Å²) in [4.78, 5) is 50.0. The lowest BCUT2D eigenvalue weighted by molar-refractivity contribution is -0.125. The minimum atomic E-state index is -0.687. The van der Waals surface area contributed by atoms with Crippen molar-refractivity contribution in [3.8, 4) is 11.3 Å². The molecule has 11 nitrogen and oxygen atoms in total. The van der Waals surface area contributed by atoms with E-state index in [1.54, 1.807) is 37.1 Å². The maximum Gasteiger partial charge on any atom is 0.255 e. The van der Waals surface area contributed by atoms with Crippen LogP contribution in [0.5, 0.6) is 0 Å². The Morgan fingerprint density at radius 2 is 1.90 bits per heavy atom. The number of benzene rings is 1. The molecule has 3 aromatic heterocycles. The first-order valence-corrected chi connectivity index (χ1v) is 13.7. The van der Waals surface area contributed by atoms with Crippen LogP contribution in [0, 0.1) is 6.92 Å². The third-order valence-electron chi connectivity index (χ3n) is 6.75. The number of amides is 2. The first kappa shape index (κ1) is 27.9. The van der Waals surface area contributed by atoms with E-state index in [1.807, 2.05) is 44.2 Å². The molecule has 210 valence electrons. The summed E-state index contributed by atoms with van der Waals surface area (Å²) in [7, 11) is 0. The Morgan fingerprint density at radius 3 is 2.68 bits per heavy atom. The quantitative estimate of drug-likeness (QED) is 0.261. The number of hydrogen-bond acceptors (Lipinski definition) is 9. The van der Waals surface area contributed by atoms with Crippen LogP contribution in [-0.4, -0.2) is 54.2 Å². The molecule has 0 radical (unpaired) electrons. The molecule has 4 aromatic rings. The number of aromatic nitrogens is 5. The Bertz CT molecular complexity index is 1610. The Kier molecular flexibility index (Phi) is 8.06. The molecule has 1 aromatic carbocycles. The van der Waals surface area contributed by atoms with E-state index in [2.05, 4.69) is 40.9 Å². The number of aryl methyl sites for hydroxylation is 1. The predicted octanol–water partition coefficient (Wildman–Crippen LogP) is 4.69. The number of carbonyl (C=O) groups excluding carboxylic acids is 2. The van der Waals surface area contributed by atoms with Crippen LogP contribution >= 0.6 is 11.6 Å². The topological polar surface area (TPSA) is 138 Å². The molecule has 1 unspecified atom stereocenters. The van der Waals surface area contributed by atoms with E-state index >= 15 is 0 Å². The van der Waals surface area contributed by atoms with Gasteiger partial charge in [-0.05, 0) is 57.5 Å². The number of nitrogens with one attached hydrogen (secondary N) is 3. The van der Waals surface area contributed by atoms with Crippen LogP contribution in [-0.2, 0) is 11.3 Å². The van der Waals surface area contributed by atoms with Crippen molar-refractivity contribution in [1.29, 1.82) is 0 Å². The van der Waals surface area contributed by atoms with Crippen molar-refractivity contribution in [2.75, 3.05) is 17.2 Å². The minimum absolute atomic E-state index is 0.232. The van der Waals surface area contributed by atoms with E-state index in [0.717, 1.165) is 23.6 Å². The van der Waals surface area contributed by atoms with Gasteiger partial charge in [-0.3, -0.25) is 9.59 Å². The van der Waals surface area contributed by atoms with Crippen molar-refractivity contribution in [2.24, 2.45) is 0 Å². The average Bonchev–Trinajstić information content (AvgIpc) is 3.29. The van der Waals surface area contributed by atoms with Crippen molar-refractivity contribution in [1.82, 2.24) is 35.1 Å². The van der Waals surface area contributed by atoms with Crippen LogP contribution in [0.2, 0.25) is 5.02 Å². The number of rotatable bonds is 9. The van der Waals surface area contributed by atoms with E-state index in [9.17, 15) is 9.59 Å². The molecule has 0 fully saturated rings. The van der Waals surface area contributed by atoms with Crippen molar-refractivity contribution < 1.29 is 9.59 Å². The van der Waals surface area contributed by atoms with Gasteiger partial charge in [-0.2, -0.15) is 0 Å². The lowest BCUT2D eigenvalue weighted by atomic mass is 10.0. The van der Waals surface area contributed by atoms with Gasteiger partial charge in [0.1, 0.15) is 23.5 Å². The molecule has 0 saturated heterocycles. The van der Waals surface area contributed by atoms with Gasteiger partial charge >= 0.3 is 0 Å². The monoisotopic (exact) mass is 571 g/mol. The standard InChI is InChI=1S/C29H30ClN9O2/c1-5-31-24-8-6-7-23(36-24)16(2)34-27(40)17(3)39-15-20-10-9-19(13-21(20)28(39)41)26-22(30)14-33-29(38-26)37-25-11-12-32-18(4)35-25/h6-14,16-17H,5,15H2,1-4H3,(H,31,36)(H,34,40)(H,32,33,35,37,38)/t16-,17?/m1/s1. The van der Waals surface area contributed by atoms with Crippen LogP contribution in [0.15, 0.2) is 54.9 Å². The van der Waals surface area contributed by atoms with E-state index in [1.165, 1.54) is 6.20 Å². The molecular weight excluding hydrogens is 542 g/mol. The molecular formula is C29H30ClN9O2. The highest BCUT2D eigenvalue weighted by Gasteiger charge is 2.34. The molecule has 0 aliphatic carbocycles. The fraction of sp³-hybridized carbons (Fsp3) is 0.276. The first-order valence-electron chi connectivity index (χ1n) is 13.3. The van der Waals surface area contributed by atoms with E-state index < -0.39 is 6.04 Å². The van der Waals surface area contributed by atoms with Gasteiger partial charge in [0.05, 0.1) is 28.6 Å². The van der Waals surface area contributed by atoms with E-state index in [4.69, 9.17) is 11.6 Å². The predicted molar refractivity (Wildman–Crippen MR) is 157 cm³/mol. The molecule has 1 aliphatic rings. The van der Waals surface area contributed by atoms with Crippen LogP contribution in [0.4, 0.5) is 17.6 Å². The molecule has 0 spiro atoms. The fourth-order valence-corrected chi connectivity index (χ4v) is 4.78. The number of pyridine rings is 1. The van der Waals surface area contributed by atoms with Gasteiger partial charge in [-0.1, -0.05) is 29.8 Å². The van der Waals surface area contributed by atoms with E-state index in [0.29, 0.717) is 46.0 Å². The van der Waals surface area contributed by atoms with Gasteiger partial charge in [0, 0.05) is 30.4 Å². The zero-order chi connectivity index (χ0) is 29.1. The zero-order valence-electron chi connectivity index (χ0n) is 23.1. The normalized spacial score (nSPS) is 13.9. The molecule has 0 bridgehead atoms. The summed E-state index contributed by atoms with van der Waals surface area (Å²) in [6.45, 7) is 8.45. The number of carbonyl (C=O) groups is 2. The summed E-state index contributed by atoms with van der Waals surface area (Å²) in [5.41, 5.74) is 3.19. The van der Waals surface area contributed by atoms with Gasteiger partial charge in [0.2, 0.25) is 11.9 Å². The summed E-state index contributed by atoms with van der Waals surface area (Å²) >= 11 is 6.46. The molecule has 5 rings (SSSR count). The Labute approximate surface area is 242 Å².